The van der Waals surface area contributed by atoms with Gasteiger partial charge in [-0.1, -0.05) is 0 Å². The lowest BCUT2D eigenvalue weighted by Crippen LogP contribution is -2.25. The van der Waals surface area contributed by atoms with Gasteiger partial charge >= 0.3 is 5.97 Å². The van der Waals surface area contributed by atoms with Crippen LogP contribution in [-0.4, -0.2) is 44.4 Å². The molecule has 2 rings (SSSR count). The summed E-state index contributed by atoms with van der Waals surface area (Å²) in [4.78, 5) is 16.5. The van der Waals surface area contributed by atoms with Crippen molar-refractivity contribution in [3.63, 3.8) is 0 Å². The molecule has 18 heavy (non-hydrogen) atoms. The molecule has 1 aliphatic rings. The average molecular weight is 250 g/mol. The van der Waals surface area contributed by atoms with Crippen LogP contribution in [0.1, 0.15) is 16.8 Å². The molecule has 1 fully saturated rings. The van der Waals surface area contributed by atoms with Crippen LogP contribution in [0.4, 0.5) is 5.69 Å². The van der Waals surface area contributed by atoms with Gasteiger partial charge in [0.15, 0.2) is 0 Å². The van der Waals surface area contributed by atoms with E-state index in [4.69, 9.17) is 4.84 Å². The molecule has 0 aromatic heterocycles. The minimum absolute atomic E-state index is 0.312. The summed E-state index contributed by atoms with van der Waals surface area (Å²) in [5, 5.41) is 5.35. The third-order valence-corrected chi connectivity index (χ3v) is 3.09. The molecule has 0 saturated carbocycles. The third-order valence-electron chi connectivity index (χ3n) is 3.09. The molecule has 1 aliphatic heterocycles. The molecule has 1 saturated heterocycles. The summed E-state index contributed by atoms with van der Waals surface area (Å²) in [5.74, 6) is -0.312. The summed E-state index contributed by atoms with van der Waals surface area (Å²) in [6, 6.07) is 7.69. The van der Waals surface area contributed by atoms with Gasteiger partial charge in [0.05, 0.1) is 19.8 Å². The summed E-state index contributed by atoms with van der Waals surface area (Å²) >= 11 is 0. The first-order valence-corrected chi connectivity index (χ1v) is 5.97. The van der Waals surface area contributed by atoms with Crippen molar-refractivity contribution in [1.82, 2.24) is 5.06 Å². The Balaban J connectivity index is 1.92. The summed E-state index contributed by atoms with van der Waals surface area (Å²) in [6.07, 6.45) is 1.05. The van der Waals surface area contributed by atoms with Gasteiger partial charge in [0, 0.05) is 24.8 Å². The van der Waals surface area contributed by atoms with Gasteiger partial charge in [-0.05, 0) is 30.7 Å². The minimum atomic E-state index is -0.312. The first kappa shape index (κ1) is 12.9. The molecule has 98 valence electrons. The number of nitrogens with one attached hydrogen (secondary N) is 1. The van der Waals surface area contributed by atoms with E-state index in [0.717, 1.165) is 25.2 Å². The summed E-state index contributed by atoms with van der Waals surface area (Å²) < 4.78 is 4.66. The number of hydroxylamine groups is 2. The number of methoxy groups -OCH3 is 1. The number of hydrogen-bond acceptors (Lipinski definition) is 5. The number of anilines is 1. The van der Waals surface area contributed by atoms with E-state index < -0.39 is 0 Å². The van der Waals surface area contributed by atoms with Crippen molar-refractivity contribution in [2.24, 2.45) is 0 Å². The van der Waals surface area contributed by atoms with Gasteiger partial charge < -0.3 is 14.9 Å². The summed E-state index contributed by atoms with van der Waals surface area (Å²) in [5.41, 5.74) is 1.57. The Hall–Kier alpha value is -1.59. The fourth-order valence-electron chi connectivity index (χ4n) is 2.07. The second-order valence-corrected chi connectivity index (χ2v) is 4.27. The molecule has 5 heteroatoms. The minimum Gasteiger partial charge on any atom is -0.465 e. The number of benzene rings is 1. The topological polar surface area (TPSA) is 50.8 Å². The SMILES string of the molecule is COC(=O)c1ccc(NC2CCN(OC)C2)cc1. The van der Waals surface area contributed by atoms with Crippen molar-refractivity contribution in [3.8, 4) is 0 Å². The number of hydrogen-bond donors (Lipinski definition) is 1. The number of carbonyl (C=O) groups excluding carboxylic acids is 1. The highest BCUT2D eigenvalue weighted by molar-refractivity contribution is 5.89. The lowest BCUT2D eigenvalue weighted by Gasteiger charge is -2.15. The van der Waals surface area contributed by atoms with Crippen molar-refractivity contribution in [3.05, 3.63) is 29.8 Å². The van der Waals surface area contributed by atoms with Crippen molar-refractivity contribution >= 4 is 11.7 Å². The fourth-order valence-corrected chi connectivity index (χ4v) is 2.07. The van der Waals surface area contributed by atoms with Crippen LogP contribution in [-0.2, 0) is 9.57 Å². The maximum absolute atomic E-state index is 11.3. The molecule has 1 atom stereocenters. The van der Waals surface area contributed by atoms with E-state index in [1.165, 1.54) is 7.11 Å². The van der Waals surface area contributed by atoms with E-state index in [-0.39, 0.29) is 5.97 Å². The molecule has 1 unspecified atom stereocenters. The van der Waals surface area contributed by atoms with Crippen LogP contribution in [0.3, 0.4) is 0 Å². The monoisotopic (exact) mass is 250 g/mol. The predicted molar refractivity (Wildman–Crippen MR) is 68.4 cm³/mol. The molecule has 1 aromatic carbocycles. The molecular formula is C13H18N2O3. The van der Waals surface area contributed by atoms with E-state index in [2.05, 4.69) is 10.1 Å². The van der Waals surface area contributed by atoms with Crippen LogP contribution in [0.15, 0.2) is 24.3 Å². The third kappa shape index (κ3) is 3.00. The lowest BCUT2D eigenvalue weighted by atomic mass is 10.2. The largest absolute Gasteiger partial charge is 0.465 e. The zero-order valence-electron chi connectivity index (χ0n) is 10.7. The molecule has 1 heterocycles. The Morgan fingerprint density at radius 3 is 2.61 bits per heavy atom. The molecule has 1 N–H and O–H groups in total. The average Bonchev–Trinajstić information content (AvgIpc) is 2.86. The van der Waals surface area contributed by atoms with Crippen LogP contribution < -0.4 is 5.32 Å². The van der Waals surface area contributed by atoms with Crippen LogP contribution in [0.5, 0.6) is 0 Å². The maximum atomic E-state index is 11.3. The lowest BCUT2D eigenvalue weighted by molar-refractivity contribution is -0.112. The zero-order valence-corrected chi connectivity index (χ0v) is 10.7. The van der Waals surface area contributed by atoms with Crippen LogP contribution in [0.2, 0.25) is 0 Å². The van der Waals surface area contributed by atoms with Gasteiger partial charge in [0.25, 0.3) is 0 Å². The van der Waals surface area contributed by atoms with Gasteiger partial charge in [-0.3, -0.25) is 0 Å². The second kappa shape index (κ2) is 5.84. The molecule has 0 aliphatic carbocycles. The smallest absolute Gasteiger partial charge is 0.337 e. The van der Waals surface area contributed by atoms with Crippen molar-refractivity contribution < 1.29 is 14.4 Å². The number of ether oxygens (including phenoxy) is 1. The number of esters is 1. The molecular weight excluding hydrogens is 232 g/mol. The number of nitrogens with zero attached hydrogens (tertiary/aromatic N) is 1. The Morgan fingerprint density at radius 2 is 2.06 bits per heavy atom. The fraction of sp³-hybridized carbons (Fsp3) is 0.462. The van der Waals surface area contributed by atoms with Crippen molar-refractivity contribution in [2.45, 2.75) is 12.5 Å². The molecule has 0 bridgehead atoms. The predicted octanol–water partition coefficient (Wildman–Crippen LogP) is 1.52. The van der Waals surface area contributed by atoms with Gasteiger partial charge in [0.2, 0.25) is 0 Å². The van der Waals surface area contributed by atoms with E-state index in [9.17, 15) is 4.79 Å². The first-order valence-electron chi connectivity index (χ1n) is 5.97. The highest BCUT2D eigenvalue weighted by Gasteiger charge is 2.21. The van der Waals surface area contributed by atoms with Crippen molar-refractivity contribution in [2.75, 3.05) is 32.6 Å². The zero-order chi connectivity index (χ0) is 13.0. The summed E-state index contributed by atoms with van der Waals surface area (Å²) in [6.45, 7) is 1.81. The van der Waals surface area contributed by atoms with E-state index in [1.54, 1.807) is 19.2 Å². The van der Waals surface area contributed by atoms with Crippen molar-refractivity contribution in [1.29, 1.82) is 0 Å². The van der Waals surface area contributed by atoms with E-state index >= 15 is 0 Å². The van der Waals surface area contributed by atoms with Crippen LogP contribution >= 0.6 is 0 Å². The maximum Gasteiger partial charge on any atom is 0.337 e. The number of carbonyl (C=O) groups is 1. The van der Waals surface area contributed by atoms with E-state index in [0.29, 0.717) is 11.6 Å². The Kier molecular flexibility index (Phi) is 4.17. The molecule has 0 amide bonds. The van der Waals surface area contributed by atoms with Crippen LogP contribution in [0.25, 0.3) is 0 Å². The van der Waals surface area contributed by atoms with Gasteiger partial charge in [-0.15, -0.1) is 0 Å². The first-order chi connectivity index (χ1) is 8.72. The Bertz CT molecular complexity index is 405. The van der Waals surface area contributed by atoms with E-state index in [1.807, 2.05) is 17.2 Å². The normalized spacial score (nSPS) is 19.8. The number of rotatable bonds is 4. The highest BCUT2D eigenvalue weighted by atomic mass is 16.7. The van der Waals surface area contributed by atoms with Gasteiger partial charge in [0.1, 0.15) is 0 Å². The Labute approximate surface area is 107 Å². The molecule has 5 nitrogen and oxygen atoms in total. The Morgan fingerprint density at radius 1 is 1.33 bits per heavy atom. The van der Waals surface area contributed by atoms with Gasteiger partial charge in [-0.25, -0.2) is 4.79 Å². The molecule has 1 aromatic rings. The van der Waals surface area contributed by atoms with Crippen LogP contribution in [0, 0.1) is 0 Å². The molecule has 0 radical (unpaired) electrons. The quantitative estimate of drug-likeness (QED) is 0.821. The van der Waals surface area contributed by atoms with Gasteiger partial charge in [-0.2, -0.15) is 5.06 Å². The highest BCUT2D eigenvalue weighted by Crippen LogP contribution is 2.16. The summed E-state index contributed by atoms with van der Waals surface area (Å²) in [7, 11) is 3.07. The molecule has 0 spiro atoms. The second-order valence-electron chi connectivity index (χ2n) is 4.27. The standard InChI is InChI=1S/C13H18N2O3/c1-17-13(16)10-3-5-11(6-4-10)14-12-7-8-15(9-12)18-2/h3-6,12,14H,7-9H2,1-2H3.